The van der Waals surface area contributed by atoms with E-state index >= 15 is 0 Å². The minimum atomic E-state index is -4.38. The Labute approximate surface area is 109 Å². The van der Waals surface area contributed by atoms with Gasteiger partial charge in [-0.15, -0.1) is 11.8 Å². The molecule has 0 nitrogen and oxygen atoms in total. The largest absolute Gasteiger partial charge is 0.416 e. The van der Waals surface area contributed by atoms with Crippen molar-refractivity contribution < 1.29 is 13.2 Å². The molecule has 1 rings (SSSR count). The first-order valence-corrected chi connectivity index (χ1v) is 6.41. The minimum absolute atomic E-state index is 0.120. The highest BCUT2D eigenvalue weighted by Gasteiger charge is 2.33. The van der Waals surface area contributed by atoms with Gasteiger partial charge in [0.1, 0.15) is 0 Å². The maximum absolute atomic E-state index is 12.5. The first-order chi connectivity index (χ1) is 8.45. The second-order valence-electron chi connectivity index (χ2n) is 3.48. The van der Waals surface area contributed by atoms with E-state index in [2.05, 4.69) is 6.58 Å². The highest BCUT2D eigenvalue weighted by molar-refractivity contribution is 8.02. The van der Waals surface area contributed by atoms with E-state index in [0.29, 0.717) is 0 Å². The Morgan fingerprint density at radius 2 is 1.83 bits per heavy atom. The maximum atomic E-state index is 12.5. The fourth-order valence-electron chi connectivity index (χ4n) is 1.24. The maximum Gasteiger partial charge on any atom is 0.416 e. The van der Waals surface area contributed by atoms with Gasteiger partial charge in [0.05, 0.1) is 5.57 Å². The van der Waals surface area contributed by atoms with Gasteiger partial charge in [0.15, 0.2) is 0 Å². The molecule has 1 aromatic rings. The molecule has 0 aromatic heterocycles. The van der Waals surface area contributed by atoms with E-state index in [0.717, 1.165) is 17.3 Å². The summed E-state index contributed by atoms with van der Waals surface area (Å²) >= 11 is 1.03. The van der Waals surface area contributed by atoms with Crippen molar-refractivity contribution in [2.75, 3.05) is 6.26 Å². The minimum Gasteiger partial charge on any atom is -0.166 e. The van der Waals surface area contributed by atoms with Crippen LogP contribution in [0.4, 0.5) is 13.2 Å². The Balaban J connectivity index is 2.81. The van der Waals surface area contributed by atoms with E-state index in [1.807, 2.05) is 30.3 Å². The Hall–Kier alpha value is -1.42. The third-order valence-corrected chi connectivity index (χ3v) is 3.02. The predicted octanol–water partition coefficient (Wildman–Crippen LogP) is 5.07. The fraction of sp³-hybridized carbons (Fsp3) is 0.143. The number of halogens is 3. The van der Waals surface area contributed by atoms with Crippen LogP contribution in [-0.2, 0) is 0 Å². The average Bonchev–Trinajstić information content (AvgIpc) is 2.34. The monoisotopic (exact) mass is 270 g/mol. The average molecular weight is 270 g/mol. The third kappa shape index (κ3) is 4.45. The summed E-state index contributed by atoms with van der Waals surface area (Å²) in [5, 5.41) is 0. The molecule has 1 aromatic carbocycles. The quantitative estimate of drug-likeness (QED) is 0.689. The molecule has 0 bridgehead atoms. The van der Waals surface area contributed by atoms with E-state index in [1.165, 1.54) is 6.08 Å². The van der Waals surface area contributed by atoms with Crippen molar-refractivity contribution >= 4 is 17.8 Å². The van der Waals surface area contributed by atoms with E-state index in [9.17, 15) is 13.2 Å². The smallest absolute Gasteiger partial charge is 0.166 e. The molecule has 0 amide bonds. The van der Waals surface area contributed by atoms with Gasteiger partial charge in [-0.1, -0.05) is 49.1 Å². The Morgan fingerprint density at radius 1 is 1.22 bits per heavy atom. The van der Waals surface area contributed by atoms with Crippen LogP contribution in [0.25, 0.3) is 6.08 Å². The van der Waals surface area contributed by atoms with Crippen LogP contribution >= 0.6 is 11.8 Å². The molecule has 0 fully saturated rings. The predicted molar refractivity (Wildman–Crippen MR) is 72.3 cm³/mol. The van der Waals surface area contributed by atoms with Crippen molar-refractivity contribution in [3.05, 3.63) is 65.1 Å². The van der Waals surface area contributed by atoms with Gasteiger partial charge in [0.25, 0.3) is 0 Å². The second-order valence-corrected chi connectivity index (χ2v) is 4.33. The molecule has 96 valence electrons. The van der Waals surface area contributed by atoms with E-state index < -0.39 is 11.7 Å². The number of rotatable bonds is 4. The molecule has 0 heterocycles. The summed E-state index contributed by atoms with van der Waals surface area (Å²) in [6.07, 6.45) is 1.99. The molecular weight excluding hydrogens is 257 g/mol. The summed E-state index contributed by atoms with van der Waals surface area (Å²) < 4.78 is 37.4. The first-order valence-electron chi connectivity index (χ1n) is 5.19. The molecule has 0 radical (unpaired) electrons. The molecule has 0 aliphatic rings. The van der Waals surface area contributed by atoms with Gasteiger partial charge in [-0.05, 0) is 17.9 Å². The molecule has 0 unspecified atom stereocenters. The van der Waals surface area contributed by atoms with E-state index in [1.54, 1.807) is 18.4 Å². The first kappa shape index (κ1) is 14.6. The van der Waals surface area contributed by atoms with Crippen molar-refractivity contribution in [1.82, 2.24) is 0 Å². The normalized spacial score (nSPS) is 13.0. The van der Waals surface area contributed by atoms with Gasteiger partial charge >= 0.3 is 6.18 Å². The fourth-order valence-corrected chi connectivity index (χ4v) is 1.82. The zero-order valence-electron chi connectivity index (χ0n) is 9.87. The van der Waals surface area contributed by atoms with Crippen molar-refractivity contribution in [3.63, 3.8) is 0 Å². The lowest BCUT2D eigenvalue weighted by Crippen LogP contribution is -2.11. The lowest BCUT2D eigenvalue weighted by atomic mass is 10.2. The van der Waals surface area contributed by atoms with Gasteiger partial charge in [-0.25, -0.2) is 0 Å². The van der Waals surface area contributed by atoms with Crippen LogP contribution in [0, 0.1) is 0 Å². The molecule has 0 saturated carbocycles. The number of thioether (sulfide) groups is 1. The summed E-state index contributed by atoms with van der Waals surface area (Å²) in [7, 11) is 0. The Morgan fingerprint density at radius 3 is 2.33 bits per heavy atom. The standard InChI is InChI=1S/C14H13F3S/c1-11(14(15,16)17)13(18-2)10-6-9-12-7-4-3-5-8-12/h3-10H,1H2,2H3/b9-6-,13-10-. The highest BCUT2D eigenvalue weighted by Crippen LogP contribution is 2.34. The van der Waals surface area contributed by atoms with Gasteiger partial charge in [-0.2, -0.15) is 13.2 Å². The van der Waals surface area contributed by atoms with Crippen molar-refractivity contribution in [3.8, 4) is 0 Å². The van der Waals surface area contributed by atoms with Crippen LogP contribution in [0.1, 0.15) is 5.56 Å². The van der Waals surface area contributed by atoms with E-state index in [4.69, 9.17) is 0 Å². The topological polar surface area (TPSA) is 0 Å². The highest BCUT2D eigenvalue weighted by atomic mass is 32.2. The molecule has 0 atom stereocenters. The number of alkyl halides is 3. The van der Waals surface area contributed by atoms with Crippen LogP contribution in [0.2, 0.25) is 0 Å². The number of hydrogen-bond acceptors (Lipinski definition) is 1. The van der Waals surface area contributed by atoms with Crippen LogP contribution in [0.3, 0.4) is 0 Å². The zero-order chi connectivity index (χ0) is 13.6. The van der Waals surface area contributed by atoms with Crippen LogP contribution < -0.4 is 0 Å². The van der Waals surface area contributed by atoms with Crippen molar-refractivity contribution in [2.45, 2.75) is 6.18 Å². The van der Waals surface area contributed by atoms with Crippen molar-refractivity contribution in [2.24, 2.45) is 0 Å². The lowest BCUT2D eigenvalue weighted by Gasteiger charge is -2.11. The second kappa shape index (κ2) is 6.50. The molecular formula is C14H13F3S. The van der Waals surface area contributed by atoms with Crippen molar-refractivity contribution in [1.29, 1.82) is 0 Å². The molecule has 4 heteroatoms. The summed E-state index contributed by atoms with van der Waals surface area (Å²) in [6, 6.07) is 9.37. The summed E-state index contributed by atoms with van der Waals surface area (Å²) in [4.78, 5) is 0.120. The van der Waals surface area contributed by atoms with Crippen LogP contribution in [0.5, 0.6) is 0 Å². The summed E-state index contributed by atoms with van der Waals surface area (Å²) in [6.45, 7) is 3.07. The number of benzene rings is 1. The molecule has 0 N–H and O–H groups in total. The summed E-state index contributed by atoms with van der Waals surface area (Å²) in [5.41, 5.74) is 0.125. The van der Waals surface area contributed by atoms with E-state index in [-0.39, 0.29) is 4.91 Å². The molecule has 0 spiro atoms. The molecule has 0 saturated heterocycles. The summed E-state index contributed by atoms with van der Waals surface area (Å²) in [5.74, 6) is 0. The zero-order valence-corrected chi connectivity index (χ0v) is 10.7. The number of allylic oxidation sites excluding steroid dienone is 3. The van der Waals surface area contributed by atoms with Crippen LogP contribution in [-0.4, -0.2) is 12.4 Å². The molecule has 0 aliphatic heterocycles. The SMILES string of the molecule is C=C(/C(=C/C=C\c1ccccc1)SC)C(F)(F)F. The number of hydrogen-bond donors (Lipinski definition) is 0. The Bertz CT molecular complexity index is 456. The molecule has 0 aliphatic carbocycles. The third-order valence-electron chi connectivity index (χ3n) is 2.20. The van der Waals surface area contributed by atoms with Gasteiger partial charge in [0.2, 0.25) is 0 Å². The Kier molecular flexibility index (Phi) is 5.28. The van der Waals surface area contributed by atoms with Crippen LogP contribution in [0.15, 0.2) is 59.5 Å². The lowest BCUT2D eigenvalue weighted by molar-refractivity contribution is -0.0881. The van der Waals surface area contributed by atoms with Gasteiger partial charge in [-0.3, -0.25) is 0 Å². The van der Waals surface area contributed by atoms with Gasteiger partial charge < -0.3 is 0 Å². The van der Waals surface area contributed by atoms with Gasteiger partial charge in [0, 0.05) is 4.91 Å². The molecule has 18 heavy (non-hydrogen) atoms.